The highest BCUT2D eigenvalue weighted by molar-refractivity contribution is 5.58. The number of pyridine rings is 1. The Balaban J connectivity index is 2.78. The number of nitrogens with zero attached hydrogens (tertiary/aromatic N) is 1. The molecular weight excluding hydrogens is 156 g/mol. The zero-order valence-corrected chi connectivity index (χ0v) is 6.42. The Labute approximate surface area is 70.0 Å². The number of aromatic nitrogens is 1. The maximum Gasteiger partial charge on any atom is 0.139 e. The van der Waals surface area contributed by atoms with E-state index in [0.717, 1.165) is 0 Å². The lowest BCUT2D eigenvalue weighted by Gasteiger charge is -2.12. The molecule has 1 aromatic heterocycles. The fourth-order valence-corrected chi connectivity index (χ4v) is 0.848. The molecule has 0 aliphatic rings. The molecule has 3 N–H and O–H groups in total. The highest BCUT2D eigenvalue weighted by Gasteiger charge is 2.15. The fraction of sp³-hybridized carbons (Fsp3) is 0.250. The number of hydrogen-bond donors (Lipinski definition) is 2. The second-order valence-electron chi connectivity index (χ2n) is 2.44. The zero-order chi connectivity index (χ0) is 8.97. The monoisotopic (exact) mass is 166 g/mol. The molecular formula is C8H10N2O2. The van der Waals surface area contributed by atoms with Gasteiger partial charge in [0.2, 0.25) is 0 Å². The maximum absolute atomic E-state index is 10.2. The molecule has 12 heavy (non-hydrogen) atoms. The highest BCUT2D eigenvalue weighted by atomic mass is 16.3. The third kappa shape index (κ3) is 1.87. The van der Waals surface area contributed by atoms with Gasteiger partial charge in [0, 0.05) is 18.0 Å². The summed E-state index contributed by atoms with van der Waals surface area (Å²) in [5.41, 5.74) is 5.86. The number of nitrogens with two attached hydrogens (primary N) is 1. The summed E-state index contributed by atoms with van der Waals surface area (Å²) in [5, 5.41) is 9.39. The Bertz CT molecular complexity index is 250. The van der Waals surface area contributed by atoms with Gasteiger partial charge >= 0.3 is 0 Å². The average Bonchev–Trinajstić information content (AvgIpc) is 2.17. The van der Waals surface area contributed by atoms with E-state index in [-0.39, 0.29) is 0 Å². The molecule has 0 bridgehead atoms. The summed E-state index contributed by atoms with van der Waals surface area (Å²) in [7, 11) is 0. The van der Waals surface area contributed by atoms with Gasteiger partial charge in [-0.1, -0.05) is 6.07 Å². The first-order valence-electron chi connectivity index (χ1n) is 3.54. The molecule has 0 saturated carbocycles. The van der Waals surface area contributed by atoms with Crippen molar-refractivity contribution in [2.45, 2.75) is 12.1 Å². The summed E-state index contributed by atoms with van der Waals surface area (Å²) in [4.78, 5) is 14.0. The third-order valence-electron chi connectivity index (χ3n) is 1.55. The van der Waals surface area contributed by atoms with Crippen molar-refractivity contribution < 1.29 is 9.90 Å². The molecule has 0 fully saturated rings. The topological polar surface area (TPSA) is 76.2 Å². The zero-order valence-electron chi connectivity index (χ0n) is 6.42. The smallest absolute Gasteiger partial charge is 0.139 e. The van der Waals surface area contributed by atoms with Gasteiger partial charge in [0.15, 0.2) is 0 Å². The number of aldehydes is 1. The lowest BCUT2D eigenvalue weighted by atomic mass is 10.1. The minimum atomic E-state index is -0.962. The molecule has 0 spiro atoms. The molecule has 4 heteroatoms. The molecule has 0 radical (unpaired) electrons. The summed E-state index contributed by atoms with van der Waals surface area (Å²) >= 11 is 0. The number of aliphatic hydroxyl groups is 1. The van der Waals surface area contributed by atoms with Gasteiger partial charge in [-0.15, -0.1) is 0 Å². The summed E-state index contributed by atoms with van der Waals surface area (Å²) in [6, 6.07) is 2.46. The van der Waals surface area contributed by atoms with Crippen LogP contribution in [0.3, 0.4) is 0 Å². The van der Waals surface area contributed by atoms with Gasteiger partial charge in [0.25, 0.3) is 0 Å². The first kappa shape index (κ1) is 8.83. The van der Waals surface area contributed by atoms with Crippen LogP contribution in [-0.4, -0.2) is 22.4 Å². The number of hydrogen-bond acceptors (Lipinski definition) is 4. The number of rotatable bonds is 3. The fourth-order valence-electron chi connectivity index (χ4n) is 0.848. The molecule has 1 rings (SSSR count). The second-order valence-corrected chi connectivity index (χ2v) is 2.44. The van der Waals surface area contributed by atoms with Crippen molar-refractivity contribution in [3.63, 3.8) is 0 Å². The second kappa shape index (κ2) is 3.94. The van der Waals surface area contributed by atoms with Gasteiger partial charge in [-0.05, 0) is 6.07 Å². The van der Waals surface area contributed by atoms with Crippen LogP contribution < -0.4 is 5.73 Å². The van der Waals surface area contributed by atoms with Crippen molar-refractivity contribution in [3.05, 3.63) is 30.1 Å². The van der Waals surface area contributed by atoms with Gasteiger partial charge in [-0.25, -0.2) is 0 Å². The van der Waals surface area contributed by atoms with E-state index in [1.54, 1.807) is 18.3 Å². The van der Waals surface area contributed by atoms with Crippen LogP contribution in [0, 0.1) is 0 Å². The Kier molecular flexibility index (Phi) is 2.90. The number of carbonyl (C=O) groups excluding carboxylic acids is 1. The molecule has 1 aromatic rings. The third-order valence-corrected chi connectivity index (χ3v) is 1.55. The average molecular weight is 166 g/mol. The van der Waals surface area contributed by atoms with Gasteiger partial charge in [0.1, 0.15) is 12.4 Å². The molecule has 0 aliphatic heterocycles. The normalized spacial score (nSPS) is 15.2. The van der Waals surface area contributed by atoms with Crippen LogP contribution in [0.15, 0.2) is 24.5 Å². The minimum absolute atomic E-state index is 0.512. The Hall–Kier alpha value is -1.26. The van der Waals surface area contributed by atoms with E-state index < -0.39 is 12.1 Å². The van der Waals surface area contributed by atoms with Crippen LogP contribution in [-0.2, 0) is 4.79 Å². The summed E-state index contributed by atoms with van der Waals surface area (Å²) < 4.78 is 0. The van der Waals surface area contributed by atoms with Gasteiger partial charge in [-0.2, -0.15) is 0 Å². The van der Waals surface area contributed by atoms with E-state index in [1.807, 2.05) is 0 Å². The molecule has 0 amide bonds. The Morgan fingerprint density at radius 2 is 2.42 bits per heavy atom. The van der Waals surface area contributed by atoms with Crippen molar-refractivity contribution in [1.82, 2.24) is 4.98 Å². The Morgan fingerprint density at radius 3 is 2.92 bits per heavy atom. The van der Waals surface area contributed by atoms with Crippen molar-refractivity contribution in [1.29, 1.82) is 0 Å². The van der Waals surface area contributed by atoms with E-state index in [0.29, 0.717) is 11.8 Å². The van der Waals surface area contributed by atoms with Crippen LogP contribution in [0.25, 0.3) is 0 Å². The van der Waals surface area contributed by atoms with Crippen LogP contribution in [0.1, 0.15) is 11.7 Å². The molecule has 2 atom stereocenters. The largest absolute Gasteiger partial charge is 0.386 e. The minimum Gasteiger partial charge on any atom is -0.386 e. The van der Waals surface area contributed by atoms with Gasteiger partial charge in [-0.3, -0.25) is 4.98 Å². The summed E-state index contributed by atoms with van der Waals surface area (Å²) in [5.74, 6) is 0. The molecule has 1 heterocycles. The van der Waals surface area contributed by atoms with E-state index in [9.17, 15) is 9.90 Å². The predicted molar refractivity (Wildman–Crippen MR) is 43.2 cm³/mol. The molecule has 0 aromatic carbocycles. The van der Waals surface area contributed by atoms with Gasteiger partial charge < -0.3 is 15.6 Å². The van der Waals surface area contributed by atoms with Crippen molar-refractivity contribution >= 4 is 6.29 Å². The van der Waals surface area contributed by atoms with Crippen LogP contribution in [0.4, 0.5) is 0 Å². The first-order valence-corrected chi connectivity index (χ1v) is 3.54. The van der Waals surface area contributed by atoms with Crippen LogP contribution in [0.5, 0.6) is 0 Å². The van der Waals surface area contributed by atoms with Crippen LogP contribution in [0.2, 0.25) is 0 Å². The number of carbonyl (C=O) groups is 1. The van der Waals surface area contributed by atoms with E-state index in [4.69, 9.17) is 5.73 Å². The lowest BCUT2D eigenvalue weighted by molar-refractivity contribution is -0.111. The first-order chi connectivity index (χ1) is 5.75. The van der Waals surface area contributed by atoms with E-state index >= 15 is 0 Å². The number of aliphatic hydroxyl groups excluding tert-OH is 1. The molecule has 0 aliphatic carbocycles. The Morgan fingerprint density at radius 1 is 1.67 bits per heavy atom. The van der Waals surface area contributed by atoms with Gasteiger partial charge in [0.05, 0.1) is 6.04 Å². The molecule has 4 nitrogen and oxygen atoms in total. The van der Waals surface area contributed by atoms with Crippen molar-refractivity contribution in [3.8, 4) is 0 Å². The highest BCUT2D eigenvalue weighted by Crippen LogP contribution is 2.12. The van der Waals surface area contributed by atoms with E-state index in [2.05, 4.69) is 4.98 Å². The quantitative estimate of drug-likeness (QED) is 0.601. The van der Waals surface area contributed by atoms with E-state index in [1.165, 1.54) is 6.20 Å². The van der Waals surface area contributed by atoms with Crippen molar-refractivity contribution in [2.75, 3.05) is 0 Å². The SMILES string of the molecule is NC(C=O)C(O)c1cccnc1. The molecule has 2 unspecified atom stereocenters. The molecule has 64 valence electrons. The van der Waals surface area contributed by atoms with Crippen LogP contribution >= 0.6 is 0 Å². The predicted octanol–water partition coefficient (Wildman–Crippen LogP) is -0.359. The maximum atomic E-state index is 10.2. The molecule has 0 saturated heterocycles. The summed E-state index contributed by atoms with van der Waals surface area (Å²) in [6.45, 7) is 0. The lowest BCUT2D eigenvalue weighted by Crippen LogP contribution is -2.29. The standard InChI is InChI=1S/C8H10N2O2/c9-7(5-11)8(12)6-2-1-3-10-4-6/h1-5,7-8,12H,9H2. The summed E-state index contributed by atoms with van der Waals surface area (Å²) in [6.07, 6.45) is 2.62. The van der Waals surface area contributed by atoms with Crippen molar-refractivity contribution in [2.24, 2.45) is 5.73 Å².